The lowest BCUT2D eigenvalue weighted by molar-refractivity contribution is -0.116. The van der Waals surface area contributed by atoms with E-state index >= 15 is 0 Å². The van der Waals surface area contributed by atoms with Gasteiger partial charge in [0, 0.05) is 4.88 Å². The Bertz CT molecular complexity index is 1450. The zero-order valence-electron chi connectivity index (χ0n) is 17.2. The number of carbonyl (C=O) groups is 1. The van der Waals surface area contributed by atoms with Gasteiger partial charge in [-0.3, -0.25) is 14.2 Å². The molecule has 4 aromatic rings. The zero-order valence-corrected chi connectivity index (χ0v) is 18.8. The van der Waals surface area contributed by atoms with Crippen LogP contribution in [-0.4, -0.2) is 10.5 Å². The maximum atomic E-state index is 13.3. The minimum absolute atomic E-state index is 0.0930. The normalized spacial score (nSPS) is 13.3. The lowest BCUT2D eigenvalue weighted by atomic mass is 10.1. The maximum absolute atomic E-state index is 13.3. The second kappa shape index (κ2) is 9.60. The topological polar surface area (TPSA) is 74.9 Å². The Hall–Kier alpha value is -3.73. The van der Waals surface area contributed by atoms with Crippen molar-refractivity contribution in [3.63, 3.8) is 0 Å². The molecule has 0 aliphatic rings. The van der Waals surface area contributed by atoms with E-state index in [1.165, 1.54) is 15.9 Å². The van der Waals surface area contributed by atoms with Crippen LogP contribution >= 0.6 is 22.7 Å². The number of nitriles is 1. The van der Waals surface area contributed by atoms with E-state index in [1.807, 2.05) is 79.0 Å². The largest absolute Gasteiger partial charge is 0.345 e. The third kappa shape index (κ3) is 4.47. The number of hydrogen-bond donors (Lipinski definition) is 1. The number of aromatic nitrogens is 1. The first kappa shape index (κ1) is 21.5. The molecule has 1 unspecified atom stereocenters. The van der Waals surface area contributed by atoms with Crippen LogP contribution in [0.1, 0.15) is 23.4 Å². The van der Waals surface area contributed by atoms with Crippen molar-refractivity contribution in [2.24, 2.45) is 0 Å². The van der Waals surface area contributed by atoms with Crippen LogP contribution in [0.2, 0.25) is 0 Å². The number of nitrogens with zero attached hydrogens (tertiary/aromatic N) is 2. The quantitative estimate of drug-likeness (QED) is 0.500. The van der Waals surface area contributed by atoms with Gasteiger partial charge in [-0.25, -0.2) is 0 Å². The fraction of sp³-hybridized carbons (Fsp3) is 0.0800. The van der Waals surface area contributed by atoms with Crippen molar-refractivity contribution < 1.29 is 4.79 Å². The van der Waals surface area contributed by atoms with Gasteiger partial charge in [0.25, 0.3) is 11.5 Å². The van der Waals surface area contributed by atoms with Gasteiger partial charge in [-0.05, 0) is 42.1 Å². The Labute approximate surface area is 192 Å². The fourth-order valence-electron chi connectivity index (χ4n) is 3.25. The van der Waals surface area contributed by atoms with Crippen molar-refractivity contribution in [2.75, 3.05) is 0 Å². The molecule has 1 atom stereocenters. The van der Waals surface area contributed by atoms with Crippen LogP contribution in [0.5, 0.6) is 0 Å². The van der Waals surface area contributed by atoms with Gasteiger partial charge in [0.05, 0.1) is 16.3 Å². The summed E-state index contributed by atoms with van der Waals surface area (Å²) in [5, 5.41) is 14.7. The highest BCUT2D eigenvalue weighted by atomic mass is 32.1. The number of para-hydroxylation sites is 1. The molecule has 158 valence electrons. The monoisotopic (exact) mass is 457 g/mol. The number of nitrogens with one attached hydrogen (secondary N) is 1. The molecule has 1 amide bonds. The molecule has 32 heavy (non-hydrogen) atoms. The molecule has 0 aliphatic carbocycles. The Balaban J connectivity index is 1.88. The second-order valence-corrected chi connectivity index (χ2v) is 9.01. The Morgan fingerprint density at radius 3 is 2.38 bits per heavy atom. The summed E-state index contributed by atoms with van der Waals surface area (Å²) in [6.07, 6.45) is 1.79. The standard InChI is InChI=1S/C25H19N3O2S2/c1-17(18-9-4-2-5-10-18)27-23(29)21(16-26)25-28(19-11-6-3-7-12-19)24(30)22(32-25)15-20-13-8-14-31-20/h2-15,17H,1H3,(H,27,29)/b22-15+,25-21-. The van der Waals surface area contributed by atoms with Crippen LogP contribution in [0, 0.1) is 11.3 Å². The Kier molecular flexibility index (Phi) is 6.45. The van der Waals surface area contributed by atoms with E-state index in [2.05, 4.69) is 5.32 Å². The van der Waals surface area contributed by atoms with Crippen LogP contribution in [0.4, 0.5) is 0 Å². The summed E-state index contributed by atoms with van der Waals surface area (Å²) in [5.74, 6) is -0.516. The summed E-state index contributed by atoms with van der Waals surface area (Å²) in [6, 6.07) is 24.1. The molecule has 0 bridgehead atoms. The highest BCUT2D eigenvalue weighted by Crippen LogP contribution is 2.12. The minimum Gasteiger partial charge on any atom is -0.345 e. The molecule has 2 heterocycles. The zero-order chi connectivity index (χ0) is 22.5. The van der Waals surface area contributed by atoms with Gasteiger partial charge in [-0.15, -0.1) is 22.7 Å². The molecule has 5 nitrogen and oxygen atoms in total. The Morgan fingerprint density at radius 1 is 1.06 bits per heavy atom. The van der Waals surface area contributed by atoms with Gasteiger partial charge in [-0.1, -0.05) is 54.6 Å². The van der Waals surface area contributed by atoms with Crippen LogP contribution < -0.4 is 20.1 Å². The van der Waals surface area contributed by atoms with E-state index in [9.17, 15) is 14.9 Å². The van der Waals surface area contributed by atoms with E-state index in [4.69, 9.17) is 0 Å². The molecular formula is C25H19N3O2S2. The summed E-state index contributed by atoms with van der Waals surface area (Å²) in [5.41, 5.74) is 1.17. The first-order valence-corrected chi connectivity index (χ1v) is 11.6. The van der Waals surface area contributed by atoms with Crippen molar-refractivity contribution in [2.45, 2.75) is 13.0 Å². The number of benzene rings is 2. The van der Waals surface area contributed by atoms with E-state index in [1.54, 1.807) is 18.2 Å². The lowest BCUT2D eigenvalue weighted by Gasteiger charge is -2.13. The Morgan fingerprint density at radius 2 is 1.75 bits per heavy atom. The van der Waals surface area contributed by atoms with Gasteiger partial charge >= 0.3 is 0 Å². The SMILES string of the molecule is CC(NC(=O)/C(C#N)=c1\s/c(=C/c2cccs2)c(=O)n1-c1ccccc1)c1ccccc1. The molecular weight excluding hydrogens is 438 g/mol. The number of amides is 1. The van der Waals surface area contributed by atoms with E-state index in [0.29, 0.717) is 14.9 Å². The first-order valence-electron chi connectivity index (χ1n) is 9.91. The summed E-state index contributed by atoms with van der Waals surface area (Å²) < 4.78 is 2.21. The third-order valence-electron chi connectivity index (χ3n) is 4.85. The molecule has 4 rings (SSSR count). The molecule has 2 aromatic carbocycles. The predicted molar refractivity (Wildman–Crippen MR) is 129 cm³/mol. The minimum atomic E-state index is -0.516. The molecule has 2 aromatic heterocycles. The van der Waals surface area contributed by atoms with Crippen molar-refractivity contribution in [1.29, 1.82) is 5.26 Å². The molecule has 0 fully saturated rings. The first-order chi connectivity index (χ1) is 15.6. The van der Waals surface area contributed by atoms with Crippen molar-refractivity contribution in [1.82, 2.24) is 9.88 Å². The number of carbonyl (C=O) groups excluding carboxylic acids is 1. The van der Waals surface area contributed by atoms with Crippen molar-refractivity contribution in [3.8, 4) is 11.8 Å². The van der Waals surface area contributed by atoms with Gasteiger partial charge in [0.2, 0.25) is 0 Å². The number of thiophene rings is 1. The summed E-state index contributed by atoms with van der Waals surface area (Å²) in [7, 11) is 0. The summed E-state index contributed by atoms with van der Waals surface area (Å²) in [6.45, 7) is 1.86. The van der Waals surface area contributed by atoms with Crippen molar-refractivity contribution >= 4 is 40.2 Å². The van der Waals surface area contributed by atoms with E-state index in [-0.39, 0.29) is 17.2 Å². The van der Waals surface area contributed by atoms with Gasteiger partial charge in [0.1, 0.15) is 10.7 Å². The van der Waals surface area contributed by atoms with Crippen LogP contribution in [0.15, 0.2) is 83.0 Å². The van der Waals surface area contributed by atoms with E-state index in [0.717, 1.165) is 21.8 Å². The van der Waals surface area contributed by atoms with Gasteiger partial charge < -0.3 is 5.32 Å². The fourth-order valence-corrected chi connectivity index (χ4v) is 5.08. The molecule has 0 aliphatic heterocycles. The molecule has 0 radical (unpaired) electrons. The average Bonchev–Trinajstić information content (AvgIpc) is 3.44. The van der Waals surface area contributed by atoms with Crippen LogP contribution in [0.3, 0.4) is 0 Å². The lowest BCUT2D eigenvalue weighted by Crippen LogP contribution is -2.34. The van der Waals surface area contributed by atoms with Crippen LogP contribution in [-0.2, 0) is 4.79 Å². The van der Waals surface area contributed by atoms with Gasteiger partial charge in [-0.2, -0.15) is 5.26 Å². The van der Waals surface area contributed by atoms with E-state index < -0.39 is 5.91 Å². The third-order valence-corrected chi connectivity index (χ3v) is 6.77. The summed E-state index contributed by atoms with van der Waals surface area (Å²) in [4.78, 5) is 27.3. The maximum Gasteiger partial charge on any atom is 0.273 e. The smallest absolute Gasteiger partial charge is 0.273 e. The highest BCUT2D eigenvalue weighted by molar-refractivity contribution is 7.11. The predicted octanol–water partition coefficient (Wildman–Crippen LogP) is 3.34. The summed E-state index contributed by atoms with van der Waals surface area (Å²) >= 11 is 2.66. The number of rotatable bonds is 5. The molecule has 0 spiro atoms. The number of thiazole rings is 1. The average molecular weight is 458 g/mol. The molecule has 7 heteroatoms. The molecule has 0 saturated carbocycles. The van der Waals surface area contributed by atoms with Crippen molar-refractivity contribution in [3.05, 3.63) is 108 Å². The second-order valence-electron chi connectivity index (χ2n) is 7.00. The number of hydrogen-bond acceptors (Lipinski definition) is 5. The molecule has 0 saturated heterocycles. The molecule has 1 N–H and O–H groups in total. The highest BCUT2D eigenvalue weighted by Gasteiger charge is 2.19. The van der Waals surface area contributed by atoms with Crippen LogP contribution in [0.25, 0.3) is 17.3 Å². The van der Waals surface area contributed by atoms with Gasteiger partial charge in [0.15, 0.2) is 5.57 Å².